The molecule has 2 rings (SSSR count). The van der Waals surface area contributed by atoms with Crippen molar-refractivity contribution in [3.63, 3.8) is 0 Å². The molecule has 0 radical (unpaired) electrons. The van der Waals surface area contributed by atoms with Crippen molar-refractivity contribution >= 4 is 43.2 Å². The number of nitrogens with two attached hydrogens (primary N) is 1. The van der Waals surface area contributed by atoms with Crippen molar-refractivity contribution in [3.05, 3.63) is 54.6 Å². The van der Waals surface area contributed by atoms with Crippen LogP contribution in [0, 0.1) is 0 Å². The smallest absolute Gasteiger partial charge is 0.271 e. The summed E-state index contributed by atoms with van der Waals surface area (Å²) in [5.74, 6) is 5.51. The van der Waals surface area contributed by atoms with Gasteiger partial charge in [-0.2, -0.15) is 13.2 Å². The van der Waals surface area contributed by atoms with Gasteiger partial charge in [-0.3, -0.25) is 11.3 Å². The number of thiophene rings is 1. The van der Waals surface area contributed by atoms with Crippen molar-refractivity contribution in [1.29, 1.82) is 0 Å². The van der Waals surface area contributed by atoms with Gasteiger partial charge < -0.3 is 0 Å². The fourth-order valence-corrected chi connectivity index (χ4v) is 3.88. The molecule has 0 fully saturated rings. The second-order valence-electron chi connectivity index (χ2n) is 4.39. The Morgan fingerprint density at radius 1 is 1.24 bits per heavy atom. The minimum atomic E-state index is -4.40. The van der Waals surface area contributed by atoms with Crippen LogP contribution in [-0.2, 0) is 12.6 Å². The summed E-state index contributed by atoms with van der Waals surface area (Å²) in [5.41, 5.74) is 2.38. The summed E-state index contributed by atoms with van der Waals surface area (Å²) >= 11 is 7.81. The molecule has 114 valence electrons. The molecule has 0 bridgehead atoms. The van der Waals surface area contributed by atoms with Gasteiger partial charge in [-0.1, -0.05) is 22.0 Å². The molecule has 3 N–H and O–H groups in total. The molecule has 1 heterocycles. The third-order valence-corrected chi connectivity index (χ3v) is 5.34. The summed E-state index contributed by atoms with van der Waals surface area (Å²) in [5, 5.41) is 1.92. The molecule has 0 aliphatic carbocycles. The first-order valence-electron chi connectivity index (χ1n) is 5.87. The van der Waals surface area contributed by atoms with Gasteiger partial charge >= 0.3 is 6.18 Å². The third-order valence-electron chi connectivity index (χ3n) is 2.93. The van der Waals surface area contributed by atoms with E-state index in [2.05, 4.69) is 37.3 Å². The molecule has 0 aliphatic heterocycles. The Morgan fingerprint density at radius 3 is 2.48 bits per heavy atom. The van der Waals surface area contributed by atoms with Crippen LogP contribution in [0.15, 0.2) is 38.6 Å². The Balaban J connectivity index is 2.30. The highest BCUT2D eigenvalue weighted by atomic mass is 79.9. The molecule has 1 atom stereocenters. The van der Waals surface area contributed by atoms with E-state index in [0.29, 0.717) is 12.0 Å². The van der Waals surface area contributed by atoms with E-state index in [4.69, 9.17) is 5.84 Å². The monoisotopic (exact) mass is 442 g/mol. The fourth-order valence-electron chi connectivity index (χ4n) is 1.91. The number of hydrazine groups is 1. The first kappa shape index (κ1) is 17.0. The molecule has 2 aromatic rings. The topological polar surface area (TPSA) is 38.0 Å². The fraction of sp³-hybridized carbons (Fsp3) is 0.231. The molecule has 2 nitrogen and oxygen atoms in total. The summed E-state index contributed by atoms with van der Waals surface area (Å²) < 4.78 is 39.8. The van der Waals surface area contributed by atoms with E-state index in [1.54, 1.807) is 6.07 Å². The summed E-state index contributed by atoms with van der Waals surface area (Å²) in [6.07, 6.45) is -3.88. The van der Waals surface area contributed by atoms with Crippen molar-refractivity contribution in [2.75, 3.05) is 0 Å². The predicted octanol–water partition coefficient (Wildman–Crippen LogP) is 5.04. The first-order valence-corrected chi connectivity index (χ1v) is 8.33. The number of rotatable bonds is 4. The predicted molar refractivity (Wildman–Crippen MR) is 84.9 cm³/mol. The van der Waals surface area contributed by atoms with Gasteiger partial charge in [-0.15, -0.1) is 11.3 Å². The third kappa shape index (κ3) is 4.29. The normalized spacial score (nSPS) is 13.4. The Morgan fingerprint density at radius 2 is 1.95 bits per heavy atom. The number of benzene rings is 1. The standard InChI is InChI=1S/C13H11Br2F3N2S/c14-8-4-9(21-6-8)5-12(20-19)7-1-2-11(15)10(3-7)13(16,17)18/h1-4,6,12,20H,5,19H2. The van der Waals surface area contributed by atoms with Gasteiger partial charge in [0.25, 0.3) is 0 Å². The van der Waals surface area contributed by atoms with Crippen LogP contribution in [0.5, 0.6) is 0 Å². The van der Waals surface area contributed by atoms with E-state index < -0.39 is 11.7 Å². The zero-order chi connectivity index (χ0) is 15.6. The largest absolute Gasteiger partial charge is 0.417 e. The number of hydrogen-bond acceptors (Lipinski definition) is 3. The van der Waals surface area contributed by atoms with Crippen LogP contribution in [-0.4, -0.2) is 0 Å². The first-order chi connectivity index (χ1) is 9.81. The van der Waals surface area contributed by atoms with Crippen LogP contribution >= 0.6 is 43.2 Å². The van der Waals surface area contributed by atoms with Crippen LogP contribution in [0.2, 0.25) is 0 Å². The van der Waals surface area contributed by atoms with E-state index in [9.17, 15) is 13.2 Å². The lowest BCUT2D eigenvalue weighted by atomic mass is 10.0. The van der Waals surface area contributed by atoms with Crippen molar-refractivity contribution in [2.24, 2.45) is 5.84 Å². The van der Waals surface area contributed by atoms with Crippen LogP contribution in [0.4, 0.5) is 13.2 Å². The molecule has 1 aromatic heterocycles. The Hall–Kier alpha value is -0.410. The van der Waals surface area contributed by atoms with E-state index in [-0.39, 0.29) is 10.5 Å². The van der Waals surface area contributed by atoms with Crippen molar-refractivity contribution in [3.8, 4) is 0 Å². The van der Waals surface area contributed by atoms with Gasteiger partial charge in [0.15, 0.2) is 0 Å². The average Bonchev–Trinajstić information content (AvgIpc) is 2.81. The van der Waals surface area contributed by atoms with Crippen LogP contribution in [0.3, 0.4) is 0 Å². The lowest BCUT2D eigenvalue weighted by Crippen LogP contribution is -2.29. The molecular weight excluding hydrogens is 433 g/mol. The zero-order valence-corrected chi connectivity index (χ0v) is 14.5. The molecule has 1 unspecified atom stereocenters. The maximum Gasteiger partial charge on any atom is 0.417 e. The van der Waals surface area contributed by atoms with Gasteiger partial charge in [0, 0.05) is 25.6 Å². The minimum Gasteiger partial charge on any atom is -0.271 e. The maximum atomic E-state index is 12.9. The number of halogens is 5. The highest BCUT2D eigenvalue weighted by molar-refractivity contribution is 9.10. The highest BCUT2D eigenvalue weighted by Gasteiger charge is 2.33. The van der Waals surface area contributed by atoms with Gasteiger partial charge in [-0.25, -0.2) is 0 Å². The molecule has 1 aromatic carbocycles. The summed E-state index contributed by atoms with van der Waals surface area (Å²) in [6.45, 7) is 0. The Bertz CT molecular complexity index is 628. The number of nitrogens with one attached hydrogen (secondary N) is 1. The molecule has 0 aliphatic rings. The summed E-state index contributed by atoms with van der Waals surface area (Å²) in [6, 6.07) is 5.69. The molecule has 0 spiro atoms. The molecule has 21 heavy (non-hydrogen) atoms. The van der Waals surface area contributed by atoms with Crippen LogP contribution in [0.1, 0.15) is 22.0 Å². The van der Waals surface area contributed by atoms with Crippen molar-refractivity contribution < 1.29 is 13.2 Å². The van der Waals surface area contributed by atoms with E-state index in [1.165, 1.54) is 17.4 Å². The SMILES string of the molecule is NNC(Cc1cc(Br)cs1)c1ccc(Br)c(C(F)(F)F)c1. The summed E-state index contributed by atoms with van der Waals surface area (Å²) in [7, 11) is 0. The maximum absolute atomic E-state index is 12.9. The van der Waals surface area contributed by atoms with Gasteiger partial charge in [0.1, 0.15) is 0 Å². The summed E-state index contributed by atoms with van der Waals surface area (Å²) in [4.78, 5) is 1.03. The number of alkyl halides is 3. The second kappa shape index (κ2) is 6.78. The van der Waals surface area contributed by atoms with Crippen LogP contribution in [0.25, 0.3) is 0 Å². The second-order valence-corrected chi connectivity index (χ2v) is 7.16. The molecular formula is C13H11Br2F3N2S. The molecule has 0 saturated carbocycles. The molecule has 0 amide bonds. The van der Waals surface area contributed by atoms with Gasteiger partial charge in [-0.05, 0) is 39.7 Å². The quantitative estimate of drug-likeness (QED) is 0.513. The lowest BCUT2D eigenvalue weighted by Gasteiger charge is -2.18. The van der Waals surface area contributed by atoms with Gasteiger partial charge in [0.05, 0.1) is 11.6 Å². The van der Waals surface area contributed by atoms with Crippen molar-refractivity contribution in [1.82, 2.24) is 5.43 Å². The lowest BCUT2D eigenvalue weighted by molar-refractivity contribution is -0.138. The van der Waals surface area contributed by atoms with E-state index >= 15 is 0 Å². The van der Waals surface area contributed by atoms with E-state index in [1.807, 2.05) is 11.4 Å². The van der Waals surface area contributed by atoms with Crippen molar-refractivity contribution in [2.45, 2.75) is 18.6 Å². The number of hydrogen-bond donors (Lipinski definition) is 2. The molecule has 0 saturated heterocycles. The van der Waals surface area contributed by atoms with Crippen LogP contribution < -0.4 is 11.3 Å². The highest BCUT2D eigenvalue weighted by Crippen LogP contribution is 2.36. The van der Waals surface area contributed by atoms with E-state index in [0.717, 1.165) is 15.4 Å². The molecule has 8 heteroatoms. The zero-order valence-electron chi connectivity index (χ0n) is 10.5. The Kier molecular flexibility index (Phi) is 5.48. The minimum absolute atomic E-state index is 0.0217. The van der Waals surface area contributed by atoms with Gasteiger partial charge in [0.2, 0.25) is 0 Å². The Labute approximate surface area is 140 Å². The average molecular weight is 444 g/mol.